The van der Waals surface area contributed by atoms with Crippen LogP contribution in [0, 0.1) is 0 Å². The smallest absolute Gasteiger partial charge is 0.339 e. The first-order valence-corrected chi connectivity index (χ1v) is 8.51. The molecule has 0 aliphatic rings. The molecule has 8 nitrogen and oxygen atoms in total. The van der Waals surface area contributed by atoms with Crippen LogP contribution in [0.2, 0.25) is 0 Å². The summed E-state index contributed by atoms with van der Waals surface area (Å²) in [5.41, 5.74) is 0.554. The van der Waals surface area contributed by atoms with Crippen LogP contribution in [0.4, 0.5) is 0 Å². The van der Waals surface area contributed by atoms with Crippen molar-refractivity contribution in [2.75, 3.05) is 19.8 Å². The molecule has 1 atom stereocenters. The van der Waals surface area contributed by atoms with Crippen molar-refractivity contribution >= 4 is 17.8 Å². The zero-order valence-corrected chi connectivity index (χ0v) is 15.5. The summed E-state index contributed by atoms with van der Waals surface area (Å²) in [4.78, 5) is 34.6. The van der Waals surface area contributed by atoms with Crippen molar-refractivity contribution < 1.29 is 29.0 Å². The third kappa shape index (κ3) is 5.94. The van der Waals surface area contributed by atoms with E-state index in [9.17, 15) is 19.5 Å². The molecule has 2 amide bonds. The minimum absolute atomic E-state index is 0.0296. The van der Waals surface area contributed by atoms with E-state index < -0.39 is 12.0 Å². The zero-order chi connectivity index (χ0) is 19.7. The molecule has 0 bridgehead atoms. The van der Waals surface area contributed by atoms with Gasteiger partial charge in [-0.25, -0.2) is 4.79 Å². The summed E-state index contributed by atoms with van der Waals surface area (Å²) in [7, 11) is 0. The second-order valence-electron chi connectivity index (χ2n) is 5.56. The molecule has 0 saturated carbocycles. The van der Waals surface area contributed by atoms with Crippen molar-refractivity contribution in [3.63, 3.8) is 0 Å². The van der Waals surface area contributed by atoms with Gasteiger partial charge in [-0.3, -0.25) is 9.59 Å². The number of carboxylic acids is 1. The monoisotopic (exact) mass is 366 g/mol. The van der Waals surface area contributed by atoms with E-state index >= 15 is 0 Å². The minimum Gasteiger partial charge on any atom is -0.490 e. The Morgan fingerprint density at radius 1 is 1.15 bits per heavy atom. The summed E-state index contributed by atoms with van der Waals surface area (Å²) in [6.07, 6.45) is 0.298. The summed E-state index contributed by atoms with van der Waals surface area (Å²) in [5, 5.41) is 14.8. The molecule has 144 valence electrons. The Balaban J connectivity index is 2.92. The Kier molecular flexibility index (Phi) is 8.41. The van der Waals surface area contributed by atoms with Crippen LogP contribution in [0.1, 0.15) is 43.6 Å². The fourth-order valence-corrected chi connectivity index (χ4v) is 2.45. The third-order valence-corrected chi connectivity index (χ3v) is 3.52. The fraction of sp³-hybridized carbons (Fsp3) is 0.500. The van der Waals surface area contributed by atoms with E-state index in [2.05, 4.69) is 10.6 Å². The number of amides is 2. The van der Waals surface area contributed by atoms with Gasteiger partial charge in [-0.1, -0.05) is 6.07 Å². The number of nitrogens with one attached hydrogen (secondary N) is 2. The normalized spacial score (nSPS) is 11.4. The molecule has 1 aromatic rings. The fourth-order valence-electron chi connectivity index (χ4n) is 2.45. The van der Waals surface area contributed by atoms with E-state index in [-0.39, 0.29) is 29.7 Å². The van der Waals surface area contributed by atoms with Crippen LogP contribution >= 0.6 is 0 Å². The highest BCUT2D eigenvalue weighted by Gasteiger charge is 2.22. The third-order valence-electron chi connectivity index (χ3n) is 3.52. The maximum atomic E-state index is 11.9. The molecule has 0 aromatic heterocycles. The van der Waals surface area contributed by atoms with E-state index in [4.69, 9.17) is 9.47 Å². The number of hydrogen-bond acceptors (Lipinski definition) is 5. The van der Waals surface area contributed by atoms with Crippen LogP contribution < -0.4 is 20.1 Å². The molecule has 3 N–H and O–H groups in total. The Labute approximate surface area is 152 Å². The number of carbonyl (C=O) groups excluding carboxylic acids is 2. The molecular weight excluding hydrogens is 340 g/mol. The van der Waals surface area contributed by atoms with Crippen LogP contribution in [0.5, 0.6) is 11.5 Å². The number of aromatic carboxylic acids is 1. The van der Waals surface area contributed by atoms with Gasteiger partial charge in [0.2, 0.25) is 11.8 Å². The molecule has 0 saturated heterocycles. The second kappa shape index (κ2) is 10.3. The Morgan fingerprint density at radius 2 is 1.81 bits per heavy atom. The van der Waals surface area contributed by atoms with Crippen molar-refractivity contribution in [2.45, 2.75) is 40.2 Å². The first-order chi connectivity index (χ1) is 12.3. The predicted molar refractivity (Wildman–Crippen MR) is 95.7 cm³/mol. The van der Waals surface area contributed by atoms with Gasteiger partial charge in [0, 0.05) is 13.5 Å². The van der Waals surface area contributed by atoms with Crippen LogP contribution in [-0.4, -0.2) is 48.7 Å². The summed E-state index contributed by atoms with van der Waals surface area (Å²) >= 11 is 0. The van der Waals surface area contributed by atoms with Gasteiger partial charge in [-0.2, -0.15) is 0 Å². The van der Waals surface area contributed by atoms with Crippen LogP contribution in [0.25, 0.3) is 0 Å². The topological polar surface area (TPSA) is 114 Å². The van der Waals surface area contributed by atoms with E-state index in [1.54, 1.807) is 32.9 Å². The summed E-state index contributed by atoms with van der Waals surface area (Å²) in [6.45, 7) is 7.38. The predicted octanol–water partition coefficient (Wildman–Crippen LogP) is 1.37. The molecule has 0 aliphatic carbocycles. The van der Waals surface area contributed by atoms with Crippen LogP contribution in [0.15, 0.2) is 12.1 Å². The average molecular weight is 366 g/mol. The molecule has 0 fully saturated rings. The molecule has 1 aromatic carbocycles. The molecule has 0 heterocycles. The maximum absolute atomic E-state index is 11.9. The lowest BCUT2D eigenvalue weighted by Gasteiger charge is -2.17. The SMILES string of the molecule is CCOc1ccc(CCNC(=O)[C@H](C)NC(C)=O)c(C(=O)O)c1OCC. The minimum atomic E-state index is -1.12. The lowest BCUT2D eigenvalue weighted by molar-refractivity contribution is -0.127. The Hall–Kier alpha value is -2.77. The number of rotatable bonds is 10. The number of hydrogen-bond donors (Lipinski definition) is 3. The van der Waals surface area contributed by atoms with Gasteiger partial charge in [-0.05, 0) is 38.8 Å². The van der Waals surface area contributed by atoms with Gasteiger partial charge >= 0.3 is 5.97 Å². The first-order valence-electron chi connectivity index (χ1n) is 8.51. The standard InChI is InChI=1S/C18H26N2O6/c1-5-25-14-8-7-13(15(18(23)24)16(14)26-6-2)9-10-19-17(22)11(3)20-12(4)21/h7-8,11H,5-6,9-10H2,1-4H3,(H,19,22)(H,20,21)(H,23,24)/t11-/m0/s1. The highest BCUT2D eigenvalue weighted by atomic mass is 16.5. The summed E-state index contributed by atoms with van der Waals surface area (Å²) < 4.78 is 10.9. The molecule has 8 heteroatoms. The van der Waals surface area contributed by atoms with Gasteiger partial charge in [0.05, 0.1) is 13.2 Å². The summed E-state index contributed by atoms with van der Waals surface area (Å²) in [6, 6.07) is 2.66. The van der Waals surface area contributed by atoms with Gasteiger partial charge in [0.1, 0.15) is 11.6 Å². The molecular formula is C18H26N2O6. The molecule has 0 spiro atoms. The second-order valence-corrected chi connectivity index (χ2v) is 5.56. The largest absolute Gasteiger partial charge is 0.490 e. The van der Waals surface area contributed by atoms with Crippen LogP contribution in [0.3, 0.4) is 0 Å². The highest BCUT2D eigenvalue weighted by molar-refractivity contribution is 5.94. The van der Waals surface area contributed by atoms with E-state index in [0.29, 0.717) is 30.9 Å². The molecule has 0 unspecified atom stereocenters. The average Bonchev–Trinajstić information content (AvgIpc) is 2.56. The van der Waals surface area contributed by atoms with E-state index in [1.807, 2.05) is 0 Å². The van der Waals surface area contributed by atoms with Gasteiger partial charge in [0.15, 0.2) is 11.5 Å². The van der Waals surface area contributed by atoms with E-state index in [0.717, 1.165) is 0 Å². The van der Waals surface area contributed by atoms with Crippen molar-refractivity contribution in [3.05, 3.63) is 23.3 Å². The van der Waals surface area contributed by atoms with E-state index in [1.165, 1.54) is 6.92 Å². The molecule has 1 rings (SSSR count). The maximum Gasteiger partial charge on any atom is 0.339 e. The van der Waals surface area contributed by atoms with Crippen molar-refractivity contribution in [2.24, 2.45) is 0 Å². The lowest BCUT2D eigenvalue weighted by atomic mass is 10.0. The Bertz CT molecular complexity index is 659. The van der Waals surface area contributed by atoms with Crippen molar-refractivity contribution in [3.8, 4) is 11.5 Å². The van der Waals surface area contributed by atoms with Crippen molar-refractivity contribution in [1.82, 2.24) is 10.6 Å². The first kappa shape index (κ1) is 21.3. The molecule has 26 heavy (non-hydrogen) atoms. The van der Waals surface area contributed by atoms with Gasteiger partial charge in [0.25, 0.3) is 0 Å². The number of benzene rings is 1. The number of carboxylic acid groups (broad SMARTS) is 1. The quantitative estimate of drug-likeness (QED) is 0.576. The number of carbonyl (C=O) groups is 3. The number of ether oxygens (including phenoxy) is 2. The zero-order valence-electron chi connectivity index (χ0n) is 15.5. The lowest BCUT2D eigenvalue weighted by Crippen LogP contribution is -2.44. The Morgan fingerprint density at radius 3 is 2.35 bits per heavy atom. The van der Waals surface area contributed by atoms with Gasteiger partial charge < -0.3 is 25.2 Å². The van der Waals surface area contributed by atoms with Crippen LogP contribution in [-0.2, 0) is 16.0 Å². The van der Waals surface area contributed by atoms with Crippen molar-refractivity contribution in [1.29, 1.82) is 0 Å². The molecule has 0 aliphatic heterocycles. The summed E-state index contributed by atoms with van der Waals surface area (Å²) in [5.74, 6) is -1.19. The molecule has 0 radical (unpaired) electrons. The highest BCUT2D eigenvalue weighted by Crippen LogP contribution is 2.34. The van der Waals surface area contributed by atoms with Gasteiger partial charge in [-0.15, -0.1) is 0 Å².